The molecule has 2 fully saturated rings. The SMILES string of the molecule is Cc1ccc(S(=O)(=O)C2CCN([C@@H]3CCCC[C@H]3O)CC2)cc1. The zero-order valence-corrected chi connectivity index (χ0v) is 14.6. The number of likely N-dealkylation sites (tertiary alicyclic amines) is 1. The van der Waals surface area contributed by atoms with Gasteiger partial charge in [0.25, 0.3) is 0 Å². The summed E-state index contributed by atoms with van der Waals surface area (Å²) >= 11 is 0. The molecule has 3 rings (SSSR count). The van der Waals surface area contributed by atoms with Gasteiger partial charge in [0.2, 0.25) is 0 Å². The van der Waals surface area contributed by atoms with Gasteiger partial charge in [0.05, 0.1) is 16.2 Å². The summed E-state index contributed by atoms with van der Waals surface area (Å²) in [6.45, 7) is 3.51. The highest BCUT2D eigenvalue weighted by Crippen LogP contribution is 2.29. The molecule has 1 aliphatic carbocycles. The standard InChI is InChI=1S/C18H27NO3S/c1-14-6-8-15(9-7-14)23(21,22)16-10-12-19(13-11-16)17-4-2-3-5-18(17)20/h6-9,16-18,20H,2-5,10-13H2,1H3/t17-,18-/m1/s1. The van der Waals surface area contributed by atoms with Crippen molar-refractivity contribution in [1.82, 2.24) is 4.90 Å². The Kier molecular flexibility index (Phi) is 5.09. The molecule has 1 aromatic carbocycles. The lowest BCUT2D eigenvalue weighted by Gasteiger charge is -2.41. The summed E-state index contributed by atoms with van der Waals surface area (Å²) in [6, 6.07) is 7.40. The third-order valence-corrected chi connectivity index (χ3v) is 7.71. The van der Waals surface area contributed by atoms with Crippen molar-refractivity contribution in [3.63, 3.8) is 0 Å². The van der Waals surface area contributed by atoms with Gasteiger partial charge in [0.15, 0.2) is 9.84 Å². The van der Waals surface area contributed by atoms with E-state index in [0.717, 1.165) is 37.9 Å². The first-order valence-corrected chi connectivity index (χ1v) is 10.3. The molecule has 2 aliphatic rings. The van der Waals surface area contributed by atoms with Gasteiger partial charge in [-0.05, 0) is 57.8 Å². The van der Waals surface area contributed by atoms with Crippen molar-refractivity contribution in [1.29, 1.82) is 0 Å². The fraction of sp³-hybridized carbons (Fsp3) is 0.667. The average molecular weight is 337 g/mol. The smallest absolute Gasteiger partial charge is 0.181 e. The second-order valence-corrected chi connectivity index (χ2v) is 9.24. The van der Waals surface area contributed by atoms with Crippen LogP contribution in [0.5, 0.6) is 0 Å². The Morgan fingerprint density at radius 1 is 1.00 bits per heavy atom. The van der Waals surface area contributed by atoms with Crippen LogP contribution in [0.25, 0.3) is 0 Å². The molecule has 0 radical (unpaired) electrons. The van der Waals surface area contributed by atoms with E-state index in [-0.39, 0.29) is 17.4 Å². The summed E-state index contributed by atoms with van der Waals surface area (Å²) in [5, 5.41) is 9.90. The zero-order chi connectivity index (χ0) is 16.4. The van der Waals surface area contributed by atoms with E-state index >= 15 is 0 Å². The predicted molar refractivity (Wildman–Crippen MR) is 91.2 cm³/mol. The highest BCUT2D eigenvalue weighted by Gasteiger charge is 2.35. The molecule has 1 saturated heterocycles. The Labute approximate surface area is 139 Å². The van der Waals surface area contributed by atoms with Crippen molar-refractivity contribution < 1.29 is 13.5 Å². The first-order chi connectivity index (χ1) is 11.0. The Hall–Kier alpha value is -0.910. The van der Waals surface area contributed by atoms with E-state index in [0.29, 0.717) is 17.7 Å². The molecule has 128 valence electrons. The first kappa shape index (κ1) is 16.9. The van der Waals surface area contributed by atoms with E-state index in [1.807, 2.05) is 19.1 Å². The van der Waals surface area contributed by atoms with E-state index < -0.39 is 9.84 Å². The fourth-order valence-corrected chi connectivity index (χ4v) is 5.69. The van der Waals surface area contributed by atoms with E-state index in [1.165, 1.54) is 6.42 Å². The number of aliphatic hydroxyl groups excluding tert-OH is 1. The Bertz CT molecular complexity index is 618. The van der Waals surface area contributed by atoms with Crippen LogP contribution in [0.15, 0.2) is 29.2 Å². The van der Waals surface area contributed by atoms with Crippen LogP contribution in [-0.4, -0.2) is 48.9 Å². The first-order valence-electron chi connectivity index (χ1n) is 8.71. The molecule has 2 atom stereocenters. The summed E-state index contributed by atoms with van der Waals surface area (Å²) < 4.78 is 25.6. The third-order valence-electron chi connectivity index (χ3n) is 5.43. The quantitative estimate of drug-likeness (QED) is 0.921. The molecule has 0 amide bonds. The number of benzene rings is 1. The lowest BCUT2D eigenvalue weighted by Crippen LogP contribution is -2.50. The predicted octanol–water partition coefficient (Wildman–Crippen LogP) is 2.54. The molecule has 0 spiro atoms. The van der Waals surface area contributed by atoms with Crippen molar-refractivity contribution in [2.75, 3.05) is 13.1 Å². The van der Waals surface area contributed by atoms with Crippen molar-refractivity contribution in [3.8, 4) is 0 Å². The third kappa shape index (κ3) is 3.62. The molecule has 1 saturated carbocycles. The van der Waals surface area contributed by atoms with Crippen LogP contribution < -0.4 is 0 Å². The minimum atomic E-state index is -3.24. The van der Waals surface area contributed by atoms with Crippen LogP contribution in [0.1, 0.15) is 44.1 Å². The molecule has 1 heterocycles. The van der Waals surface area contributed by atoms with Gasteiger partial charge < -0.3 is 5.11 Å². The number of rotatable bonds is 3. The van der Waals surface area contributed by atoms with Crippen LogP contribution in [0, 0.1) is 6.92 Å². The maximum Gasteiger partial charge on any atom is 0.181 e. The molecule has 5 heteroatoms. The fourth-order valence-electron chi connectivity index (χ4n) is 3.96. The molecule has 1 aromatic rings. The molecule has 0 bridgehead atoms. The van der Waals surface area contributed by atoms with Gasteiger partial charge in [-0.3, -0.25) is 4.90 Å². The van der Waals surface area contributed by atoms with Crippen LogP contribution in [0.3, 0.4) is 0 Å². The summed E-state index contributed by atoms with van der Waals surface area (Å²) in [7, 11) is -3.24. The van der Waals surface area contributed by atoms with Crippen molar-refractivity contribution in [2.24, 2.45) is 0 Å². The Morgan fingerprint density at radius 3 is 2.22 bits per heavy atom. The van der Waals surface area contributed by atoms with Crippen molar-refractivity contribution >= 4 is 9.84 Å². The highest BCUT2D eigenvalue weighted by atomic mass is 32.2. The minimum absolute atomic E-state index is 0.228. The van der Waals surface area contributed by atoms with Gasteiger partial charge in [-0.25, -0.2) is 8.42 Å². The number of hydrogen-bond acceptors (Lipinski definition) is 4. The number of nitrogens with zero attached hydrogens (tertiary/aromatic N) is 1. The van der Waals surface area contributed by atoms with Crippen LogP contribution in [0.2, 0.25) is 0 Å². The molecule has 0 aromatic heterocycles. The van der Waals surface area contributed by atoms with Gasteiger partial charge in [-0.15, -0.1) is 0 Å². The van der Waals surface area contributed by atoms with Crippen LogP contribution >= 0.6 is 0 Å². The molecule has 1 aliphatic heterocycles. The maximum absolute atomic E-state index is 12.8. The van der Waals surface area contributed by atoms with Gasteiger partial charge in [0.1, 0.15) is 0 Å². The Morgan fingerprint density at radius 2 is 1.61 bits per heavy atom. The molecule has 23 heavy (non-hydrogen) atoms. The monoisotopic (exact) mass is 337 g/mol. The summed E-state index contributed by atoms with van der Waals surface area (Å²) in [4.78, 5) is 2.75. The number of aliphatic hydroxyl groups is 1. The van der Waals surface area contributed by atoms with E-state index in [1.54, 1.807) is 12.1 Å². The van der Waals surface area contributed by atoms with Crippen molar-refractivity contribution in [3.05, 3.63) is 29.8 Å². The largest absolute Gasteiger partial charge is 0.391 e. The van der Waals surface area contributed by atoms with Crippen LogP contribution in [-0.2, 0) is 9.84 Å². The molecule has 0 unspecified atom stereocenters. The second kappa shape index (κ2) is 6.91. The summed E-state index contributed by atoms with van der Waals surface area (Å²) in [5.74, 6) is 0. The molecule has 4 nitrogen and oxygen atoms in total. The van der Waals surface area contributed by atoms with Crippen LogP contribution in [0.4, 0.5) is 0 Å². The number of sulfone groups is 1. The van der Waals surface area contributed by atoms with E-state index in [2.05, 4.69) is 4.90 Å². The normalized spacial score (nSPS) is 27.9. The summed E-state index contributed by atoms with van der Waals surface area (Å²) in [6.07, 6.45) is 5.29. The number of aryl methyl sites for hydroxylation is 1. The van der Waals surface area contributed by atoms with E-state index in [4.69, 9.17) is 0 Å². The van der Waals surface area contributed by atoms with Gasteiger partial charge in [0, 0.05) is 6.04 Å². The molecule has 1 N–H and O–H groups in total. The summed E-state index contributed by atoms with van der Waals surface area (Å²) in [5.41, 5.74) is 1.07. The zero-order valence-electron chi connectivity index (χ0n) is 13.8. The minimum Gasteiger partial charge on any atom is -0.391 e. The number of hydrogen-bond donors (Lipinski definition) is 1. The van der Waals surface area contributed by atoms with Gasteiger partial charge in [-0.1, -0.05) is 30.5 Å². The van der Waals surface area contributed by atoms with Crippen molar-refractivity contribution in [2.45, 2.75) is 67.7 Å². The topological polar surface area (TPSA) is 57.6 Å². The highest BCUT2D eigenvalue weighted by molar-refractivity contribution is 7.92. The van der Waals surface area contributed by atoms with E-state index in [9.17, 15) is 13.5 Å². The van der Waals surface area contributed by atoms with Gasteiger partial charge in [-0.2, -0.15) is 0 Å². The maximum atomic E-state index is 12.8. The lowest BCUT2D eigenvalue weighted by molar-refractivity contribution is 0.0118. The van der Waals surface area contributed by atoms with Gasteiger partial charge >= 0.3 is 0 Å². The average Bonchev–Trinajstić information content (AvgIpc) is 2.56. The molecular formula is C18H27NO3S. The molecular weight excluding hydrogens is 310 g/mol. The second-order valence-electron chi connectivity index (χ2n) is 7.01. The lowest BCUT2D eigenvalue weighted by atomic mass is 9.90. The Balaban J connectivity index is 1.65. The number of piperidine rings is 1.